The van der Waals surface area contributed by atoms with Gasteiger partial charge in [-0.2, -0.15) is 5.26 Å². The van der Waals surface area contributed by atoms with Crippen molar-refractivity contribution >= 4 is 21.6 Å². The highest BCUT2D eigenvalue weighted by molar-refractivity contribution is 9.10. The first-order valence-electron chi connectivity index (χ1n) is 5.62. The van der Waals surface area contributed by atoms with Crippen LogP contribution in [-0.2, 0) is 6.42 Å². The maximum atomic E-state index is 8.83. The maximum Gasteiger partial charge on any atom is 0.100 e. The van der Waals surface area contributed by atoms with Crippen molar-refractivity contribution in [3.63, 3.8) is 0 Å². The smallest absolute Gasteiger partial charge is 0.100 e. The fraction of sp³-hybridized carbons (Fsp3) is 0.143. The Kier molecular flexibility index (Phi) is 4.32. The van der Waals surface area contributed by atoms with Crippen molar-refractivity contribution < 1.29 is 0 Å². The summed E-state index contributed by atoms with van der Waals surface area (Å²) >= 11 is 3.37. The number of aromatic nitrogens is 1. The van der Waals surface area contributed by atoms with Crippen molar-refractivity contribution in [2.75, 3.05) is 11.9 Å². The summed E-state index contributed by atoms with van der Waals surface area (Å²) in [6, 6.07) is 11.7. The van der Waals surface area contributed by atoms with Crippen LogP contribution in [-0.4, -0.2) is 11.5 Å². The minimum atomic E-state index is 0.646. The Morgan fingerprint density at radius 3 is 2.89 bits per heavy atom. The van der Waals surface area contributed by atoms with Crippen molar-refractivity contribution in [3.8, 4) is 6.07 Å². The topological polar surface area (TPSA) is 48.7 Å². The Labute approximate surface area is 115 Å². The van der Waals surface area contributed by atoms with Crippen molar-refractivity contribution in [1.82, 2.24) is 4.98 Å². The number of rotatable bonds is 4. The van der Waals surface area contributed by atoms with Crippen LogP contribution in [0, 0.1) is 11.3 Å². The van der Waals surface area contributed by atoms with Crippen molar-refractivity contribution in [2.24, 2.45) is 0 Å². The summed E-state index contributed by atoms with van der Waals surface area (Å²) in [6.07, 6.45) is 4.57. The number of hydrogen-bond donors (Lipinski definition) is 1. The molecular formula is C14H12BrN3. The van der Waals surface area contributed by atoms with Crippen LogP contribution in [0.2, 0.25) is 0 Å². The molecule has 3 nitrogen and oxygen atoms in total. The minimum absolute atomic E-state index is 0.646. The maximum absolute atomic E-state index is 8.83. The van der Waals surface area contributed by atoms with Gasteiger partial charge < -0.3 is 5.32 Å². The van der Waals surface area contributed by atoms with E-state index in [0.29, 0.717) is 5.56 Å². The van der Waals surface area contributed by atoms with Gasteiger partial charge in [0.2, 0.25) is 0 Å². The average Bonchev–Trinajstić information content (AvgIpc) is 2.40. The van der Waals surface area contributed by atoms with E-state index in [4.69, 9.17) is 5.26 Å². The fourth-order valence-electron chi connectivity index (χ4n) is 1.61. The van der Waals surface area contributed by atoms with Crippen LogP contribution in [0.5, 0.6) is 0 Å². The first-order valence-corrected chi connectivity index (χ1v) is 6.41. The quantitative estimate of drug-likeness (QED) is 0.942. The van der Waals surface area contributed by atoms with Gasteiger partial charge in [-0.1, -0.05) is 6.07 Å². The number of benzene rings is 1. The molecule has 0 saturated heterocycles. The lowest BCUT2D eigenvalue weighted by atomic mass is 10.2. The standard InChI is InChI=1S/C14H12BrN3/c15-14-8-13(4-3-12(14)9-16)18-7-5-11-2-1-6-17-10-11/h1-4,6,8,10,18H,5,7H2. The molecule has 0 aliphatic carbocycles. The minimum Gasteiger partial charge on any atom is -0.385 e. The molecule has 0 radical (unpaired) electrons. The van der Waals surface area contributed by atoms with Gasteiger partial charge in [-0.25, -0.2) is 0 Å². The molecule has 0 amide bonds. The lowest BCUT2D eigenvalue weighted by molar-refractivity contribution is 1.00. The third-order valence-corrected chi connectivity index (χ3v) is 3.21. The van der Waals surface area contributed by atoms with E-state index in [1.165, 1.54) is 5.56 Å². The number of anilines is 1. The molecule has 0 fully saturated rings. The molecule has 2 aromatic rings. The predicted octanol–water partition coefficient (Wildman–Crippen LogP) is 3.37. The van der Waals surface area contributed by atoms with Crippen LogP contribution in [0.1, 0.15) is 11.1 Å². The molecule has 90 valence electrons. The zero-order valence-electron chi connectivity index (χ0n) is 9.73. The lowest BCUT2D eigenvalue weighted by Crippen LogP contribution is -2.05. The van der Waals surface area contributed by atoms with Crippen molar-refractivity contribution in [3.05, 3.63) is 58.3 Å². The fourth-order valence-corrected chi connectivity index (χ4v) is 2.08. The molecule has 1 aromatic heterocycles. The molecule has 0 bridgehead atoms. The molecule has 0 aliphatic heterocycles. The highest BCUT2D eigenvalue weighted by atomic mass is 79.9. The number of halogens is 1. The molecule has 0 saturated carbocycles. The van der Waals surface area contributed by atoms with Crippen molar-refractivity contribution in [2.45, 2.75) is 6.42 Å². The number of nitriles is 1. The van der Waals surface area contributed by atoms with E-state index in [1.807, 2.05) is 24.4 Å². The third-order valence-electron chi connectivity index (χ3n) is 2.56. The summed E-state index contributed by atoms with van der Waals surface area (Å²) in [5.74, 6) is 0. The summed E-state index contributed by atoms with van der Waals surface area (Å²) < 4.78 is 0.816. The number of nitrogens with zero attached hydrogens (tertiary/aromatic N) is 2. The molecule has 0 unspecified atom stereocenters. The second-order valence-electron chi connectivity index (χ2n) is 3.84. The van der Waals surface area contributed by atoms with E-state index in [9.17, 15) is 0 Å². The van der Waals surface area contributed by atoms with Gasteiger partial charge in [-0.15, -0.1) is 0 Å². The molecule has 0 aliphatic rings. The molecule has 1 N–H and O–H groups in total. The van der Waals surface area contributed by atoms with Crippen LogP contribution >= 0.6 is 15.9 Å². The summed E-state index contributed by atoms with van der Waals surface area (Å²) in [7, 11) is 0. The summed E-state index contributed by atoms with van der Waals surface area (Å²) in [6.45, 7) is 0.837. The van der Waals surface area contributed by atoms with E-state index in [2.05, 4.69) is 38.4 Å². The molecular weight excluding hydrogens is 290 g/mol. The Balaban J connectivity index is 1.91. The second-order valence-corrected chi connectivity index (χ2v) is 4.70. The van der Waals surface area contributed by atoms with Gasteiger partial charge in [0.05, 0.1) is 5.56 Å². The molecule has 18 heavy (non-hydrogen) atoms. The van der Waals surface area contributed by atoms with Gasteiger partial charge in [0.1, 0.15) is 6.07 Å². The summed E-state index contributed by atoms with van der Waals surface area (Å²) in [5.41, 5.74) is 2.86. The highest BCUT2D eigenvalue weighted by Gasteiger charge is 2.00. The Morgan fingerprint density at radius 2 is 2.22 bits per heavy atom. The predicted molar refractivity (Wildman–Crippen MR) is 75.3 cm³/mol. The lowest BCUT2D eigenvalue weighted by Gasteiger charge is -2.07. The van der Waals surface area contributed by atoms with Crippen LogP contribution in [0.15, 0.2) is 47.2 Å². The number of nitrogens with one attached hydrogen (secondary N) is 1. The molecule has 0 atom stereocenters. The number of hydrogen-bond acceptors (Lipinski definition) is 3. The van der Waals surface area contributed by atoms with Gasteiger partial charge in [-0.3, -0.25) is 4.98 Å². The summed E-state index contributed by atoms with van der Waals surface area (Å²) in [4.78, 5) is 4.08. The Hall–Kier alpha value is -1.86. The molecule has 2 rings (SSSR count). The zero-order chi connectivity index (χ0) is 12.8. The summed E-state index contributed by atoms with van der Waals surface area (Å²) in [5, 5.41) is 12.1. The van der Waals surface area contributed by atoms with Crippen LogP contribution in [0.25, 0.3) is 0 Å². The zero-order valence-corrected chi connectivity index (χ0v) is 11.3. The van der Waals surface area contributed by atoms with E-state index < -0.39 is 0 Å². The van der Waals surface area contributed by atoms with Crippen LogP contribution in [0.4, 0.5) is 5.69 Å². The van der Waals surface area contributed by atoms with E-state index >= 15 is 0 Å². The molecule has 4 heteroatoms. The monoisotopic (exact) mass is 301 g/mol. The second kappa shape index (κ2) is 6.18. The van der Waals surface area contributed by atoms with Gasteiger partial charge >= 0.3 is 0 Å². The average molecular weight is 302 g/mol. The third kappa shape index (κ3) is 3.31. The first-order chi connectivity index (χ1) is 8.79. The largest absolute Gasteiger partial charge is 0.385 e. The first kappa shape index (κ1) is 12.6. The SMILES string of the molecule is N#Cc1ccc(NCCc2cccnc2)cc1Br. The van der Waals surface area contributed by atoms with Crippen LogP contribution in [0.3, 0.4) is 0 Å². The van der Waals surface area contributed by atoms with E-state index in [1.54, 1.807) is 12.3 Å². The van der Waals surface area contributed by atoms with E-state index in [-0.39, 0.29) is 0 Å². The normalized spacial score (nSPS) is 9.78. The Bertz CT molecular complexity index is 561. The molecule has 1 aromatic carbocycles. The van der Waals surface area contributed by atoms with Gasteiger partial charge in [0, 0.05) is 29.1 Å². The van der Waals surface area contributed by atoms with Crippen LogP contribution < -0.4 is 5.32 Å². The van der Waals surface area contributed by atoms with E-state index in [0.717, 1.165) is 23.1 Å². The van der Waals surface area contributed by atoms with Gasteiger partial charge in [0.25, 0.3) is 0 Å². The number of pyridine rings is 1. The highest BCUT2D eigenvalue weighted by Crippen LogP contribution is 2.20. The molecule has 0 spiro atoms. The van der Waals surface area contributed by atoms with Gasteiger partial charge in [0.15, 0.2) is 0 Å². The van der Waals surface area contributed by atoms with Gasteiger partial charge in [-0.05, 0) is 52.2 Å². The Morgan fingerprint density at radius 1 is 1.33 bits per heavy atom. The molecule has 1 heterocycles. The van der Waals surface area contributed by atoms with Crippen molar-refractivity contribution in [1.29, 1.82) is 5.26 Å².